The molecule has 0 aliphatic heterocycles. The first-order valence-corrected chi connectivity index (χ1v) is 7.21. The highest BCUT2D eigenvalue weighted by atomic mass is 16.1. The molecule has 0 radical (unpaired) electrons. The van der Waals surface area contributed by atoms with Gasteiger partial charge in [0.05, 0.1) is 11.6 Å². The number of hydrogen-bond donors (Lipinski definition) is 2. The highest BCUT2D eigenvalue weighted by Crippen LogP contribution is 2.29. The summed E-state index contributed by atoms with van der Waals surface area (Å²) in [6, 6.07) is 5.68. The summed E-state index contributed by atoms with van der Waals surface area (Å²) in [5.74, 6) is -0.0492. The van der Waals surface area contributed by atoms with Crippen molar-refractivity contribution < 1.29 is 4.79 Å². The summed E-state index contributed by atoms with van der Waals surface area (Å²) in [5, 5.41) is 3.13. The molecule has 0 fully saturated rings. The first-order valence-electron chi connectivity index (χ1n) is 7.21. The van der Waals surface area contributed by atoms with E-state index in [0.717, 1.165) is 17.7 Å². The summed E-state index contributed by atoms with van der Waals surface area (Å²) in [7, 11) is 0. The van der Waals surface area contributed by atoms with E-state index in [9.17, 15) is 4.79 Å². The molecule has 4 heteroatoms. The third kappa shape index (κ3) is 4.18. The predicted molar refractivity (Wildman–Crippen MR) is 84.0 cm³/mol. The van der Waals surface area contributed by atoms with Crippen LogP contribution in [0.3, 0.4) is 0 Å². The second-order valence-electron chi connectivity index (χ2n) is 6.59. The Hall–Kier alpha value is -2.10. The normalized spacial score (nSPS) is 13.0. The molecule has 4 nitrogen and oxygen atoms in total. The standard InChI is InChI=1S/C17H23N3O/c1-12-14(7-9-19-12)16(21)20-15(10-17(2,3)4)13-6-5-8-18-11-13/h5-9,11,15,19H,10H2,1-4H3,(H,20,21)/t15-/m0/s1. The third-order valence-electron chi connectivity index (χ3n) is 3.41. The maximum Gasteiger partial charge on any atom is 0.253 e. The van der Waals surface area contributed by atoms with Crippen LogP contribution in [0.4, 0.5) is 0 Å². The number of carbonyl (C=O) groups excluding carboxylic acids is 1. The van der Waals surface area contributed by atoms with E-state index >= 15 is 0 Å². The topological polar surface area (TPSA) is 57.8 Å². The summed E-state index contributed by atoms with van der Waals surface area (Å²) in [4.78, 5) is 19.6. The van der Waals surface area contributed by atoms with Gasteiger partial charge in [-0.25, -0.2) is 0 Å². The highest BCUT2D eigenvalue weighted by Gasteiger charge is 2.23. The zero-order valence-electron chi connectivity index (χ0n) is 13.1. The van der Waals surface area contributed by atoms with Crippen molar-refractivity contribution in [2.75, 3.05) is 0 Å². The maximum atomic E-state index is 12.4. The molecule has 0 aromatic carbocycles. The summed E-state index contributed by atoms with van der Waals surface area (Å²) in [6.07, 6.45) is 6.21. The van der Waals surface area contributed by atoms with Gasteiger partial charge < -0.3 is 10.3 Å². The molecular weight excluding hydrogens is 262 g/mol. The van der Waals surface area contributed by atoms with Crippen molar-refractivity contribution in [2.45, 2.75) is 40.2 Å². The van der Waals surface area contributed by atoms with Crippen LogP contribution in [0.1, 0.15) is 54.8 Å². The fraction of sp³-hybridized carbons (Fsp3) is 0.412. The lowest BCUT2D eigenvalue weighted by molar-refractivity contribution is 0.0926. The molecule has 0 saturated heterocycles. The van der Waals surface area contributed by atoms with Gasteiger partial charge in [0.25, 0.3) is 5.91 Å². The Kier molecular flexibility index (Phi) is 4.46. The molecule has 0 bridgehead atoms. The van der Waals surface area contributed by atoms with Gasteiger partial charge >= 0.3 is 0 Å². The van der Waals surface area contributed by atoms with E-state index in [-0.39, 0.29) is 17.4 Å². The molecular formula is C17H23N3O. The average molecular weight is 285 g/mol. The molecule has 2 rings (SSSR count). The number of nitrogens with one attached hydrogen (secondary N) is 2. The van der Waals surface area contributed by atoms with E-state index in [2.05, 4.69) is 36.1 Å². The van der Waals surface area contributed by atoms with Gasteiger partial charge in [0.15, 0.2) is 0 Å². The number of hydrogen-bond acceptors (Lipinski definition) is 2. The van der Waals surface area contributed by atoms with Crippen molar-refractivity contribution in [3.63, 3.8) is 0 Å². The Morgan fingerprint density at radius 3 is 2.67 bits per heavy atom. The van der Waals surface area contributed by atoms with Crippen molar-refractivity contribution >= 4 is 5.91 Å². The number of nitrogens with zero attached hydrogens (tertiary/aromatic N) is 1. The van der Waals surface area contributed by atoms with Crippen LogP contribution in [0.5, 0.6) is 0 Å². The molecule has 2 N–H and O–H groups in total. The molecule has 2 aromatic rings. The van der Waals surface area contributed by atoms with Gasteiger partial charge in [-0.1, -0.05) is 26.8 Å². The maximum absolute atomic E-state index is 12.4. The van der Waals surface area contributed by atoms with E-state index in [1.54, 1.807) is 12.4 Å². The van der Waals surface area contributed by atoms with Crippen LogP contribution in [-0.2, 0) is 0 Å². The van der Waals surface area contributed by atoms with Crippen LogP contribution in [-0.4, -0.2) is 15.9 Å². The highest BCUT2D eigenvalue weighted by molar-refractivity contribution is 5.95. The molecule has 2 aromatic heterocycles. The number of aromatic amines is 1. The van der Waals surface area contributed by atoms with Crippen molar-refractivity contribution in [1.82, 2.24) is 15.3 Å². The zero-order valence-corrected chi connectivity index (χ0v) is 13.1. The Morgan fingerprint density at radius 1 is 1.38 bits per heavy atom. The zero-order chi connectivity index (χ0) is 15.5. The van der Waals surface area contributed by atoms with E-state index in [0.29, 0.717) is 5.56 Å². The second-order valence-corrected chi connectivity index (χ2v) is 6.59. The van der Waals surface area contributed by atoms with Crippen molar-refractivity contribution in [3.05, 3.63) is 53.6 Å². The van der Waals surface area contributed by atoms with E-state index in [1.807, 2.05) is 31.3 Å². The van der Waals surface area contributed by atoms with E-state index in [4.69, 9.17) is 0 Å². The van der Waals surface area contributed by atoms with Crippen LogP contribution in [0, 0.1) is 12.3 Å². The minimum atomic E-state index is -0.0492. The van der Waals surface area contributed by atoms with Crippen LogP contribution in [0.15, 0.2) is 36.8 Å². The average Bonchev–Trinajstić information content (AvgIpc) is 2.84. The smallest absolute Gasteiger partial charge is 0.253 e. The van der Waals surface area contributed by atoms with Gasteiger partial charge in [-0.2, -0.15) is 0 Å². The number of aryl methyl sites for hydroxylation is 1. The number of rotatable bonds is 4. The first kappa shape index (κ1) is 15.3. The number of carbonyl (C=O) groups is 1. The molecule has 112 valence electrons. The third-order valence-corrected chi connectivity index (χ3v) is 3.41. The monoisotopic (exact) mass is 285 g/mol. The van der Waals surface area contributed by atoms with E-state index < -0.39 is 0 Å². The van der Waals surface area contributed by atoms with E-state index in [1.165, 1.54) is 0 Å². The van der Waals surface area contributed by atoms with Crippen molar-refractivity contribution in [1.29, 1.82) is 0 Å². The van der Waals surface area contributed by atoms with Crippen LogP contribution >= 0.6 is 0 Å². The second kappa shape index (κ2) is 6.12. The molecule has 1 atom stereocenters. The molecule has 1 amide bonds. The number of aromatic nitrogens is 2. The summed E-state index contributed by atoms with van der Waals surface area (Å²) < 4.78 is 0. The molecule has 0 saturated carbocycles. The van der Waals surface area contributed by atoms with Crippen LogP contribution in [0.25, 0.3) is 0 Å². The number of H-pyrrole nitrogens is 1. The minimum absolute atomic E-state index is 0.0412. The van der Waals surface area contributed by atoms with Gasteiger partial charge in [-0.15, -0.1) is 0 Å². The summed E-state index contributed by atoms with van der Waals surface area (Å²) in [5.41, 5.74) is 2.72. The molecule has 0 unspecified atom stereocenters. The molecule has 21 heavy (non-hydrogen) atoms. The largest absolute Gasteiger partial charge is 0.365 e. The van der Waals surface area contributed by atoms with Gasteiger partial charge in [-0.3, -0.25) is 9.78 Å². The fourth-order valence-electron chi connectivity index (χ4n) is 2.38. The predicted octanol–water partition coefficient (Wildman–Crippen LogP) is 3.63. The molecule has 0 spiro atoms. The van der Waals surface area contributed by atoms with Crippen molar-refractivity contribution in [3.8, 4) is 0 Å². The van der Waals surface area contributed by atoms with Gasteiger partial charge in [0.1, 0.15) is 0 Å². The number of pyridine rings is 1. The molecule has 0 aliphatic rings. The minimum Gasteiger partial charge on any atom is -0.365 e. The Balaban J connectivity index is 2.21. The van der Waals surface area contributed by atoms with Gasteiger partial charge in [0, 0.05) is 24.3 Å². The lowest BCUT2D eigenvalue weighted by Crippen LogP contribution is -2.31. The quantitative estimate of drug-likeness (QED) is 0.901. The summed E-state index contributed by atoms with van der Waals surface area (Å²) >= 11 is 0. The van der Waals surface area contributed by atoms with Gasteiger partial charge in [0.2, 0.25) is 0 Å². The number of amides is 1. The van der Waals surface area contributed by atoms with Crippen LogP contribution in [0.2, 0.25) is 0 Å². The lowest BCUT2D eigenvalue weighted by atomic mass is 9.85. The lowest BCUT2D eigenvalue weighted by Gasteiger charge is -2.27. The molecule has 0 aliphatic carbocycles. The fourth-order valence-corrected chi connectivity index (χ4v) is 2.38. The Labute approximate surface area is 126 Å². The van der Waals surface area contributed by atoms with Crippen molar-refractivity contribution in [2.24, 2.45) is 5.41 Å². The van der Waals surface area contributed by atoms with Gasteiger partial charge in [-0.05, 0) is 36.5 Å². The Morgan fingerprint density at radius 2 is 2.14 bits per heavy atom. The SMILES string of the molecule is Cc1[nH]ccc1C(=O)N[C@@H](CC(C)(C)C)c1cccnc1. The summed E-state index contributed by atoms with van der Waals surface area (Å²) in [6.45, 7) is 8.41. The van der Waals surface area contributed by atoms with Crippen LogP contribution < -0.4 is 5.32 Å². The Bertz CT molecular complexity index is 596. The first-order chi connectivity index (χ1) is 9.87. The molecule has 2 heterocycles.